The lowest BCUT2D eigenvalue weighted by Gasteiger charge is -2.39. The van der Waals surface area contributed by atoms with Gasteiger partial charge in [-0.05, 0) is 68.7 Å². The van der Waals surface area contributed by atoms with Crippen molar-refractivity contribution in [2.45, 2.75) is 38.3 Å². The topological polar surface area (TPSA) is 41.3 Å². The van der Waals surface area contributed by atoms with Crippen molar-refractivity contribution in [2.24, 2.45) is 0 Å². The predicted octanol–water partition coefficient (Wildman–Crippen LogP) is 5.51. The third-order valence-corrected chi connectivity index (χ3v) is 6.50. The molecule has 0 bridgehead atoms. The number of hydrogen-bond acceptors (Lipinski definition) is 3. The Morgan fingerprint density at radius 3 is 2.63 bits per heavy atom. The number of fused-ring (bicyclic) bond motifs is 2. The summed E-state index contributed by atoms with van der Waals surface area (Å²) in [5, 5.41) is 12.7. The van der Waals surface area contributed by atoms with Crippen LogP contribution in [0.15, 0.2) is 67.0 Å². The molecule has 1 unspecified atom stereocenters. The minimum atomic E-state index is -0.517. The van der Waals surface area contributed by atoms with Crippen LogP contribution >= 0.6 is 12.4 Å². The highest BCUT2D eigenvalue weighted by atomic mass is 35.5. The molecule has 0 spiro atoms. The van der Waals surface area contributed by atoms with Gasteiger partial charge in [-0.15, -0.1) is 12.4 Å². The second kappa shape index (κ2) is 8.03. The molecule has 2 aromatic carbocycles. The van der Waals surface area contributed by atoms with Gasteiger partial charge in [0.2, 0.25) is 0 Å². The summed E-state index contributed by atoms with van der Waals surface area (Å²) in [4.78, 5) is 6.92. The zero-order valence-corrected chi connectivity index (χ0v) is 18.3. The highest BCUT2D eigenvalue weighted by Gasteiger charge is 2.30. The van der Waals surface area contributed by atoms with E-state index in [2.05, 4.69) is 76.1 Å². The van der Waals surface area contributed by atoms with Gasteiger partial charge in [0.05, 0.1) is 16.6 Å². The molecule has 1 atom stereocenters. The summed E-state index contributed by atoms with van der Waals surface area (Å²) in [6.45, 7) is 6.11. The Hall–Kier alpha value is -2.40. The first-order valence-electron chi connectivity index (χ1n) is 10.4. The molecule has 1 saturated heterocycles. The van der Waals surface area contributed by atoms with Crippen molar-refractivity contribution >= 4 is 34.2 Å². The largest absolute Gasteiger partial charge is 0.390 e. The van der Waals surface area contributed by atoms with Crippen molar-refractivity contribution in [1.29, 1.82) is 0 Å². The van der Waals surface area contributed by atoms with E-state index in [1.54, 1.807) is 0 Å². The first-order chi connectivity index (χ1) is 14.0. The number of benzene rings is 2. The zero-order valence-electron chi connectivity index (χ0n) is 17.5. The summed E-state index contributed by atoms with van der Waals surface area (Å²) in [5.74, 6) is 0. The van der Waals surface area contributed by atoms with Crippen LogP contribution in [0.5, 0.6) is 0 Å². The third-order valence-electron chi connectivity index (χ3n) is 6.50. The van der Waals surface area contributed by atoms with E-state index in [-0.39, 0.29) is 12.4 Å². The van der Waals surface area contributed by atoms with Gasteiger partial charge in [0.25, 0.3) is 0 Å². The minimum absolute atomic E-state index is 0. The Balaban J connectivity index is 0.00000218. The predicted molar refractivity (Wildman–Crippen MR) is 126 cm³/mol. The molecule has 1 N–H and O–H groups in total. The third kappa shape index (κ3) is 3.71. The van der Waals surface area contributed by atoms with E-state index in [1.807, 2.05) is 19.2 Å². The normalized spacial score (nSPS) is 17.7. The van der Waals surface area contributed by atoms with Gasteiger partial charge in [-0.3, -0.25) is 9.88 Å². The van der Waals surface area contributed by atoms with E-state index in [0.717, 1.165) is 42.5 Å². The Bertz CT molecular complexity index is 1170. The van der Waals surface area contributed by atoms with Crippen molar-refractivity contribution in [3.63, 3.8) is 0 Å². The molecule has 4 aromatic rings. The van der Waals surface area contributed by atoms with Crippen molar-refractivity contribution in [3.05, 3.63) is 72.6 Å². The highest BCUT2D eigenvalue weighted by Crippen LogP contribution is 2.33. The molecule has 5 heteroatoms. The van der Waals surface area contributed by atoms with Crippen LogP contribution < -0.4 is 0 Å². The van der Waals surface area contributed by atoms with Gasteiger partial charge in [-0.2, -0.15) is 0 Å². The average Bonchev–Trinajstić information content (AvgIpc) is 3.17. The van der Waals surface area contributed by atoms with Crippen LogP contribution in [0.3, 0.4) is 0 Å². The molecule has 0 aliphatic carbocycles. The summed E-state index contributed by atoms with van der Waals surface area (Å²) in [5.41, 5.74) is 4.23. The number of aliphatic hydroxyl groups is 1. The lowest BCUT2D eigenvalue weighted by Crippen LogP contribution is -2.43. The van der Waals surface area contributed by atoms with Crippen LogP contribution in [0.2, 0.25) is 0 Å². The fraction of sp³-hybridized carbons (Fsp3) is 0.320. The van der Waals surface area contributed by atoms with Gasteiger partial charge in [-0.25, -0.2) is 0 Å². The van der Waals surface area contributed by atoms with Gasteiger partial charge in [0.1, 0.15) is 0 Å². The molecule has 30 heavy (non-hydrogen) atoms. The molecule has 4 nitrogen and oxygen atoms in total. The quantitative estimate of drug-likeness (QED) is 0.474. The van der Waals surface area contributed by atoms with E-state index >= 15 is 0 Å². The molecule has 1 fully saturated rings. The van der Waals surface area contributed by atoms with Crippen molar-refractivity contribution < 1.29 is 5.11 Å². The molecule has 5 rings (SSSR count). The summed E-state index contributed by atoms with van der Waals surface area (Å²) >= 11 is 0. The molecule has 0 radical (unpaired) electrons. The molecular weight excluding hydrogens is 394 g/mol. The molecule has 2 aromatic heterocycles. The van der Waals surface area contributed by atoms with Crippen molar-refractivity contribution in [3.8, 4) is 5.69 Å². The Morgan fingerprint density at radius 1 is 1.03 bits per heavy atom. The van der Waals surface area contributed by atoms with Gasteiger partial charge < -0.3 is 9.67 Å². The number of rotatable bonds is 3. The van der Waals surface area contributed by atoms with Gasteiger partial charge in [0, 0.05) is 48.0 Å². The van der Waals surface area contributed by atoms with E-state index in [4.69, 9.17) is 0 Å². The Kier molecular flexibility index (Phi) is 5.58. The monoisotopic (exact) mass is 421 g/mol. The van der Waals surface area contributed by atoms with Gasteiger partial charge in [0.15, 0.2) is 0 Å². The number of nitrogens with zero attached hydrogens (tertiary/aromatic N) is 3. The summed E-state index contributed by atoms with van der Waals surface area (Å²) in [6, 6.07) is 19.7. The van der Waals surface area contributed by atoms with Crippen molar-refractivity contribution in [2.75, 3.05) is 13.1 Å². The first-order valence-corrected chi connectivity index (χ1v) is 10.4. The van der Waals surface area contributed by atoms with Crippen LogP contribution in [0.4, 0.5) is 0 Å². The molecular formula is C25H28ClN3O. The number of halogens is 1. The van der Waals surface area contributed by atoms with Crippen LogP contribution in [0.1, 0.15) is 38.3 Å². The van der Waals surface area contributed by atoms with Crippen molar-refractivity contribution in [1.82, 2.24) is 14.5 Å². The van der Waals surface area contributed by atoms with Crippen LogP contribution in [0.25, 0.3) is 27.5 Å². The van der Waals surface area contributed by atoms with Gasteiger partial charge in [-0.1, -0.05) is 18.2 Å². The van der Waals surface area contributed by atoms with E-state index < -0.39 is 5.60 Å². The fourth-order valence-electron chi connectivity index (χ4n) is 4.58. The SMILES string of the molecule is CC(c1cccc2c1ccn2-c1ccc2ncccc2c1)N1CCC(C)(O)CC1.Cl. The number of aromatic nitrogens is 2. The Labute approximate surface area is 183 Å². The maximum atomic E-state index is 10.3. The van der Waals surface area contributed by atoms with E-state index in [1.165, 1.54) is 16.5 Å². The van der Waals surface area contributed by atoms with Crippen LogP contribution in [-0.4, -0.2) is 38.2 Å². The maximum Gasteiger partial charge on any atom is 0.0703 e. The van der Waals surface area contributed by atoms with Crippen LogP contribution in [-0.2, 0) is 0 Å². The summed E-state index contributed by atoms with van der Waals surface area (Å²) < 4.78 is 2.26. The van der Waals surface area contributed by atoms with E-state index in [9.17, 15) is 5.11 Å². The molecule has 0 saturated carbocycles. The number of hydrogen-bond donors (Lipinski definition) is 1. The maximum absolute atomic E-state index is 10.3. The second-order valence-corrected chi connectivity index (χ2v) is 8.56. The fourth-order valence-corrected chi connectivity index (χ4v) is 4.58. The summed E-state index contributed by atoms with van der Waals surface area (Å²) in [6.07, 6.45) is 5.67. The highest BCUT2D eigenvalue weighted by molar-refractivity contribution is 5.87. The van der Waals surface area contributed by atoms with Crippen LogP contribution in [0, 0.1) is 0 Å². The van der Waals surface area contributed by atoms with Gasteiger partial charge >= 0.3 is 0 Å². The lowest BCUT2D eigenvalue weighted by atomic mass is 9.91. The van der Waals surface area contributed by atoms with E-state index in [0.29, 0.717) is 6.04 Å². The molecule has 3 heterocycles. The Morgan fingerprint density at radius 2 is 1.83 bits per heavy atom. The second-order valence-electron chi connectivity index (χ2n) is 8.56. The standard InChI is InChI=1S/C25H27N3O.ClH/c1-18(27-15-11-25(2,29)12-16-27)21-6-3-7-24-22(21)10-14-28(24)20-8-9-23-19(17-20)5-4-13-26-23;/h3-10,13-14,17-18,29H,11-12,15-16H2,1-2H3;1H. The zero-order chi connectivity index (χ0) is 20.0. The average molecular weight is 422 g/mol. The first kappa shape index (κ1) is 20.9. The molecule has 1 aliphatic rings. The number of likely N-dealkylation sites (tertiary alicyclic amines) is 1. The number of pyridine rings is 1. The number of piperidine rings is 1. The molecule has 0 amide bonds. The molecule has 1 aliphatic heterocycles. The lowest BCUT2D eigenvalue weighted by molar-refractivity contribution is -0.0147. The summed E-state index contributed by atoms with van der Waals surface area (Å²) in [7, 11) is 0. The minimum Gasteiger partial charge on any atom is -0.390 e. The molecule has 156 valence electrons. The smallest absolute Gasteiger partial charge is 0.0703 e.